The van der Waals surface area contributed by atoms with Gasteiger partial charge in [-0.1, -0.05) is 13.2 Å². The Morgan fingerprint density at radius 2 is 2.09 bits per heavy atom. The summed E-state index contributed by atoms with van der Waals surface area (Å²) in [5.74, 6) is -0.271. The van der Waals surface area contributed by atoms with Crippen LogP contribution < -0.4 is 0 Å². The average Bonchev–Trinajstić information content (AvgIpc) is 2.01. The van der Waals surface area contributed by atoms with Gasteiger partial charge in [0.2, 0.25) is 0 Å². The minimum absolute atomic E-state index is 0.181. The molecule has 0 unspecified atom stereocenters. The van der Waals surface area contributed by atoms with E-state index < -0.39 is 0 Å². The Kier molecular flexibility index (Phi) is 4.90. The van der Waals surface area contributed by atoms with Crippen LogP contribution in [0.5, 0.6) is 0 Å². The predicted octanol–water partition coefficient (Wildman–Crippen LogP) is 1.14. The van der Waals surface area contributed by atoms with Gasteiger partial charge in [-0.3, -0.25) is 4.79 Å². The fourth-order valence-electron chi connectivity index (χ4n) is 0.559. The molecular formula is C8H13NO2. The first-order valence-electron chi connectivity index (χ1n) is 3.41. The third-order valence-corrected chi connectivity index (χ3v) is 1.09. The van der Waals surface area contributed by atoms with Crippen molar-refractivity contribution in [1.29, 1.82) is 0 Å². The summed E-state index contributed by atoms with van der Waals surface area (Å²) >= 11 is 0. The lowest BCUT2D eigenvalue weighted by atomic mass is 10.5. The van der Waals surface area contributed by atoms with Crippen molar-refractivity contribution in [1.82, 2.24) is 4.90 Å². The fourth-order valence-corrected chi connectivity index (χ4v) is 0.559. The highest BCUT2D eigenvalue weighted by molar-refractivity contribution is 5.71. The fraction of sp³-hybridized carbons (Fsp3) is 0.375. The summed E-state index contributed by atoms with van der Waals surface area (Å²) in [6.07, 6.45) is 3.04. The van der Waals surface area contributed by atoms with Crippen LogP contribution in [0.25, 0.3) is 0 Å². The summed E-state index contributed by atoms with van der Waals surface area (Å²) < 4.78 is 4.70. The molecule has 0 spiro atoms. The SMILES string of the molecule is C=CN(C=C)CC(=O)OCC. The molecule has 0 aromatic rings. The van der Waals surface area contributed by atoms with Gasteiger partial charge in [-0.2, -0.15) is 0 Å². The molecule has 0 N–H and O–H groups in total. The second kappa shape index (κ2) is 5.53. The van der Waals surface area contributed by atoms with Gasteiger partial charge in [-0.15, -0.1) is 0 Å². The van der Waals surface area contributed by atoms with Crippen molar-refractivity contribution >= 4 is 5.97 Å². The number of carbonyl (C=O) groups excluding carboxylic acids is 1. The van der Waals surface area contributed by atoms with E-state index in [0.717, 1.165) is 0 Å². The largest absolute Gasteiger partial charge is 0.465 e. The molecule has 62 valence electrons. The highest BCUT2D eigenvalue weighted by atomic mass is 16.5. The number of rotatable bonds is 5. The zero-order valence-electron chi connectivity index (χ0n) is 6.75. The van der Waals surface area contributed by atoms with Gasteiger partial charge in [-0.05, 0) is 19.3 Å². The van der Waals surface area contributed by atoms with Gasteiger partial charge in [0.25, 0.3) is 0 Å². The third kappa shape index (κ3) is 4.19. The molecule has 0 saturated heterocycles. The lowest BCUT2D eigenvalue weighted by Crippen LogP contribution is -2.21. The zero-order chi connectivity index (χ0) is 8.69. The molecule has 0 saturated carbocycles. The number of ether oxygens (including phenoxy) is 1. The van der Waals surface area contributed by atoms with Gasteiger partial charge in [0.05, 0.1) is 6.61 Å². The van der Waals surface area contributed by atoms with Gasteiger partial charge in [-0.25, -0.2) is 0 Å². The van der Waals surface area contributed by atoms with E-state index in [1.54, 1.807) is 11.8 Å². The minimum Gasteiger partial charge on any atom is -0.465 e. The van der Waals surface area contributed by atoms with Gasteiger partial charge < -0.3 is 9.64 Å². The molecule has 3 heteroatoms. The lowest BCUT2D eigenvalue weighted by Gasteiger charge is -2.11. The average molecular weight is 155 g/mol. The Balaban J connectivity index is 3.71. The Morgan fingerprint density at radius 3 is 2.45 bits per heavy atom. The summed E-state index contributed by atoms with van der Waals surface area (Å²) in [4.78, 5) is 12.4. The van der Waals surface area contributed by atoms with Crippen molar-refractivity contribution in [2.24, 2.45) is 0 Å². The molecule has 0 amide bonds. The van der Waals surface area contributed by atoms with Crippen LogP contribution in [0.1, 0.15) is 6.92 Å². The van der Waals surface area contributed by atoms with E-state index in [4.69, 9.17) is 4.74 Å². The molecule has 0 fully saturated rings. The molecule has 0 atom stereocenters. The van der Waals surface area contributed by atoms with Crippen LogP contribution in [-0.4, -0.2) is 24.0 Å². The van der Waals surface area contributed by atoms with E-state index in [0.29, 0.717) is 6.61 Å². The first-order chi connectivity index (χ1) is 5.24. The van der Waals surface area contributed by atoms with Crippen LogP contribution >= 0.6 is 0 Å². The Hall–Kier alpha value is -1.25. The Labute approximate surface area is 66.9 Å². The molecule has 0 radical (unpaired) electrons. The topological polar surface area (TPSA) is 29.5 Å². The van der Waals surface area contributed by atoms with E-state index in [9.17, 15) is 4.79 Å². The van der Waals surface area contributed by atoms with Gasteiger partial charge >= 0.3 is 5.97 Å². The maximum atomic E-state index is 10.8. The van der Waals surface area contributed by atoms with E-state index in [1.807, 2.05) is 0 Å². The minimum atomic E-state index is -0.271. The molecule has 0 rings (SSSR count). The van der Waals surface area contributed by atoms with Crippen molar-refractivity contribution in [2.75, 3.05) is 13.2 Å². The van der Waals surface area contributed by atoms with E-state index >= 15 is 0 Å². The van der Waals surface area contributed by atoms with Crippen LogP contribution in [0.2, 0.25) is 0 Å². The van der Waals surface area contributed by atoms with E-state index in [1.165, 1.54) is 12.4 Å². The third-order valence-electron chi connectivity index (χ3n) is 1.09. The molecule has 0 bridgehead atoms. The van der Waals surface area contributed by atoms with Crippen LogP contribution in [0.4, 0.5) is 0 Å². The molecule has 0 heterocycles. The number of hydrogen-bond donors (Lipinski definition) is 0. The van der Waals surface area contributed by atoms with E-state index in [-0.39, 0.29) is 12.5 Å². The van der Waals surface area contributed by atoms with Crippen LogP contribution in [0, 0.1) is 0 Å². The maximum absolute atomic E-state index is 10.8. The van der Waals surface area contributed by atoms with Gasteiger partial charge in [0.1, 0.15) is 6.54 Å². The highest BCUT2D eigenvalue weighted by Gasteiger charge is 2.02. The van der Waals surface area contributed by atoms with Crippen molar-refractivity contribution in [3.63, 3.8) is 0 Å². The molecule has 3 nitrogen and oxygen atoms in total. The molecule has 0 aromatic heterocycles. The smallest absolute Gasteiger partial charge is 0.325 e. The summed E-state index contributed by atoms with van der Waals surface area (Å²) in [5, 5.41) is 0. The second-order valence-electron chi connectivity index (χ2n) is 1.84. The summed E-state index contributed by atoms with van der Waals surface area (Å²) in [7, 11) is 0. The summed E-state index contributed by atoms with van der Waals surface area (Å²) in [6, 6.07) is 0. The number of carbonyl (C=O) groups is 1. The van der Waals surface area contributed by atoms with Crippen LogP contribution in [-0.2, 0) is 9.53 Å². The Morgan fingerprint density at radius 1 is 1.55 bits per heavy atom. The molecule has 0 aliphatic carbocycles. The first kappa shape index (κ1) is 9.75. The van der Waals surface area contributed by atoms with Crippen LogP contribution in [0.3, 0.4) is 0 Å². The van der Waals surface area contributed by atoms with Crippen molar-refractivity contribution < 1.29 is 9.53 Å². The van der Waals surface area contributed by atoms with Crippen LogP contribution in [0.15, 0.2) is 25.6 Å². The molecule has 0 aliphatic heterocycles. The summed E-state index contributed by atoms with van der Waals surface area (Å²) in [5.41, 5.74) is 0. The van der Waals surface area contributed by atoms with Crippen molar-refractivity contribution in [2.45, 2.75) is 6.92 Å². The monoisotopic (exact) mass is 155 g/mol. The standard InChI is InChI=1S/C8H13NO2/c1-4-9(5-2)7-8(10)11-6-3/h4-5H,1-2,6-7H2,3H3. The molecule has 11 heavy (non-hydrogen) atoms. The molecule has 0 aliphatic rings. The lowest BCUT2D eigenvalue weighted by molar-refractivity contribution is -0.143. The van der Waals surface area contributed by atoms with E-state index in [2.05, 4.69) is 13.2 Å². The summed E-state index contributed by atoms with van der Waals surface area (Å²) in [6.45, 7) is 9.34. The van der Waals surface area contributed by atoms with Crippen molar-refractivity contribution in [3.8, 4) is 0 Å². The number of nitrogens with zero attached hydrogens (tertiary/aromatic N) is 1. The zero-order valence-corrected chi connectivity index (χ0v) is 6.75. The highest BCUT2D eigenvalue weighted by Crippen LogP contribution is 1.89. The Bertz CT molecular complexity index is 146. The van der Waals surface area contributed by atoms with Gasteiger partial charge in [0.15, 0.2) is 0 Å². The quantitative estimate of drug-likeness (QED) is 0.557. The van der Waals surface area contributed by atoms with Crippen molar-refractivity contribution in [3.05, 3.63) is 25.6 Å². The first-order valence-corrected chi connectivity index (χ1v) is 3.41. The maximum Gasteiger partial charge on any atom is 0.325 e. The number of esters is 1. The number of hydrogen-bond acceptors (Lipinski definition) is 3. The van der Waals surface area contributed by atoms with Gasteiger partial charge in [0, 0.05) is 0 Å². The molecular weight excluding hydrogens is 142 g/mol. The predicted molar refractivity (Wildman–Crippen MR) is 43.7 cm³/mol. The molecule has 0 aromatic carbocycles. The second-order valence-corrected chi connectivity index (χ2v) is 1.84. The normalized spacial score (nSPS) is 8.45.